The van der Waals surface area contributed by atoms with Crippen molar-refractivity contribution in [3.05, 3.63) is 92.6 Å². The number of para-hydroxylation sites is 1. The molecule has 3 aromatic rings. The molecule has 2 aromatic carbocycles. The van der Waals surface area contributed by atoms with Crippen LogP contribution in [-0.2, 0) is 6.42 Å². The summed E-state index contributed by atoms with van der Waals surface area (Å²) in [6.45, 7) is 0. The number of benzene rings is 2. The summed E-state index contributed by atoms with van der Waals surface area (Å²) in [7, 11) is 0. The Hall–Kier alpha value is -3.25. The van der Waals surface area contributed by atoms with Gasteiger partial charge in [0.2, 0.25) is 0 Å². The highest BCUT2D eigenvalue weighted by Gasteiger charge is 2.26. The van der Waals surface area contributed by atoms with E-state index in [4.69, 9.17) is 11.6 Å². The highest BCUT2D eigenvalue weighted by Crippen LogP contribution is 2.25. The van der Waals surface area contributed by atoms with Crippen LogP contribution in [0.1, 0.15) is 39.3 Å². The van der Waals surface area contributed by atoms with E-state index in [0.717, 1.165) is 0 Å². The van der Waals surface area contributed by atoms with E-state index in [-0.39, 0.29) is 17.0 Å². The van der Waals surface area contributed by atoms with Gasteiger partial charge < -0.3 is 5.32 Å². The van der Waals surface area contributed by atoms with Crippen LogP contribution in [0.2, 0.25) is 5.02 Å². The number of halogens is 2. The van der Waals surface area contributed by atoms with E-state index in [1.807, 2.05) is 0 Å². The predicted molar refractivity (Wildman–Crippen MR) is 109 cm³/mol. The smallest absolute Gasteiger partial charge is 0.268 e. The first kappa shape index (κ1) is 19.1. The zero-order valence-corrected chi connectivity index (χ0v) is 16.0. The van der Waals surface area contributed by atoms with Crippen LogP contribution in [0, 0.1) is 5.82 Å². The summed E-state index contributed by atoms with van der Waals surface area (Å²) in [4.78, 5) is 38.5. The zero-order chi connectivity index (χ0) is 20.5. The number of amides is 1. The lowest BCUT2D eigenvalue weighted by atomic mass is 9.92. The molecule has 4 rings (SSSR count). The third-order valence-corrected chi connectivity index (χ3v) is 5.12. The Morgan fingerprint density at radius 2 is 1.76 bits per heavy atom. The molecule has 1 aliphatic rings. The van der Waals surface area contributed by atoms with Crippen LogP contribution >= 0.6 is 11.6 Å². The van der Waals surface area contributed by atoms with Crippen molar-refractivity contribution in [3.63, 3.8) is 0 Å². The van der Waals surface area contributed by atoms with Gasteiger partial charge in [-0.25, -0.2) is 4.39 Å². The molecule has 0 aliphatic heterocycles. The molecular weight excluding hydrogens is 395 g/mol. The lowest BCUT2D eigenvalue weighted by Gasteiger charge is -2.21. The van der Waals surface area contributed by atoms with Crippen LogP contribution in [0.3, 0.4) is 0 Å². The summed E-state index contributed by atoms with van der Waals surface area (Å²) in [5, 5.41) is 2.92. The number of nitrogens with zero attached hydrogens (tertiary/aromatic N) is 1. The van der Waals surface area contributed by atoms with Crippen LogP contribution in [-0.4, -0.2) is 16.3 Å². The zero-order valence-electron chi connectivity index (χ0n) is 15.2. The first-order chi connectivity index (χ1) is 14.0. The Morgan fingerprint density at radius 1 is 1.03 bits per heavy atom. The minimum Gasteiger partial charge on any atom is -0.319 e. The summed E-state index contributed by atoms with van der Waals surface area (Å²) in [6.07, 6.45) is 1.51. The number of hydrogen-bond donors (Lipinski definition) is 1. The molecule has 1 aliphatic carbocycles. The molecule has 1 amide bonds. The molecule has 0 saturated heterocycles. The van der Waals surface area contributed by atoms with Crippen molar-refractivity contribution >= 4 is 29.0 Å². The number of Topliss-reactive ketones (excluding diaryl/α,β-unsaturated/α-hetero) is 1. The molecule has 1 heterocycles. The molecule has 0 saturated carbocycles. The van der Waals surface area contributed by atoms with Crippen molar-refractivity contribution < 1.29 is 14.0 Å². The second kappa shape index (κ2) is 7.64. The van der Waals surface area contributed by atoms with Crippen LogP contribution < -0.4 is 10.9 Å². The van der Waals surface area contributed by atoms with E-state index in [1.165, 1.54) is 28.8 Å². The van der Waals surface area contributed by atoms with Gasteiger partial charge in [-0.1, -0.05) is 23.7 Å². The van der Waals surface area contributed by atoms with E-state index in [9.17, 15) is 18.8 Å². The fourth-order valence-electron chi connectivity index (χ4n) is 3.47. The van der Waals surface area contributed by atoms with Crippen molar-refractivity contribution in [1.29, 1.82) is 0 Å². The molecule has 0 fully saturated rings. The van der Waals surface area contributed by atoms with Crippen LogP contribution in [0.5, 0.6) is 0 Å². The molecule has 5 nitrogen and oxygen atoms in total. The fraction of sp³-hybridized carbons (Fsp3) is 0.136. The van der Waals surface area contributed by atoms with Crippen LogP contribution in [0.4, 0.5) is 10.1 Å². The Balaban J connectivity index is 1.88. The Morgan fingerprint density at radius 3 is 2.48 bits per heavy atom. The largest absolute Gasteiger partial charge is 0.319 e. The van der Waals surface area contributed by atoms with E-state index in [0.29, 0.717) is 41.2 Å². The van der Waals surface area contributed by atoms with Gasteiger partial charge in [0.15, 0.2) is 5.78 Å². The molecule has 7 heteroatoms. The SMILES string of the molecule is O=C1CCCc2c1cc(C(=O)Nc1ccccc1F)c(=O)n2-c1ccc(Cl)cc1. The lowest BCUT2D eigenvalue weighted by Crippen LogP contribution is -2.33. The van der Waals surface area contributed by atoms with E-state index < -0.39 is 17.3 Å². The van der Waals surface area contributed by atoms with Crippen LogP contribution in [0.25, 0.3) is 5.69 Å². The number of fused-ring (bicyclic) bond motifs is 1. The average molecular weight is 411 g/mol. The minimum atomic E-state index is -0.774. The number of nitrogens with one attached hydrogen (secondary N) is 1. The maximum Gasteiger partial charge on any atom is 0.268 e. The number of carbonyl (C=O) groups excluding carboxylic acids is 2. The van der Waals surface area contributed by atoms with Crippen molar-refractivity contribution in [2.75, 3.05) is 5.32 Å². The molecule has 1 N–H and O–H groups in total. The maximum absolute atomic E-state index is 13.9. The number of aromatic nitrogens is 1. The third kappa shape index (κ3) is 3.59. The second-order valence-electron chi connectivity index (χ2n) is 6.75. The number of hydrogen-bond acceptors (Lipinski definition) is 3. The third-order valence-electron chi connectivity index (χ3n) is 4.87. The normalized spacial score (nSPS) is 13.1. The molecule has 29 heavy (non-hydrogen) atoms. The molecular formula is C22H16ClFN2O3. The number of anilines is 1. The number of carbonyl (C=O) groups is 2. The van der Waals surface area contributed by atoms with Gasteiger partial charge in [0.25, 0.3) is 11.5 Å². The Kier molecular flexibility index (Phi) is 5.03. The summed E-state index contributed by atoms with van der Waals surface area (Å²) < 4.78 is 15.3. The van der Waals surface area contributed by atoms with Gasteiger partial charge in [0.05, 0.1) is 5.69 Å². The van der Waals surface area contributed by atoms with E-state index in [2.05, 4.69) is 5.32 Å². The summed E-state index contributed by atoms with van der Waals surface area (Å²) in [5.74, 6) is -1.52. The summed E-state index contributed by atoms with van der Waals surface area (Å²) in [6, 6.07) is 13.6. The van der Waals surface area contributed by atoms with Gasteiger partial charge in [0, 0.05) is 28.4 Å². The van der Waals surface area contributed by atoms with E-state index >= 15 is 0 Å². The molecule has 0 spiro atoms. The number of rotatable bonds is 3. The summed E-state index contributed by atoms with van der Waals surface area (Å²) >= 11 is 5.95. The lowest BCUT2D eigenvalue weighted by molar-refractivity contribution is 0.0971. The van der Waals surface area contributed by atoms with Gasteiger partial charge in [-0.15, -0.1) is 0 Å². The fourth-order valence-corrected chi connectivity index (χ4v) is 3.60. The van der Waals surface area contributed by atoms with Gasteiger partial charge in [-0.3, -0.25) is 19.0 Å². The predicted octanol–water partition coefficient (Wildman–Crippen LogP) is 4.40. The van der Waals surface area contributed by atoms with Crippen molar-refractivity contribution in [2.45, 2.75) is 19.3 Å². The molecule has 0 unspecified atom stereocenters. The first-order valence-corrected chi connectivity index (χ1v) is 9.47. The Labute approximate surface area is 170 Å². The highest BCUT2D eigenvalue weighted by molar-refractivity contribution is 6.30. The maximum atomic E-state index is 13.9. The van der Waals surface area contributed by atoms with Crippen molar-refractivity contribution in [2.24, 2.45) is 0 Å². The van der Waals surface area contributed by atoms with Gasteiger partial charge in [-0.05, 0) is 55.3 Å². The van der Waals surface area contributed by atoms with Gasteiger partial charge >= 0.3 is 0 Å². The molecule has 0 bridgehead atoms. The van der Waals surface area contributed by atoms with E-state index in [1.54, 1.807) is 30.3 Å². The highest BCUT2D eigenvalue weighted by atomic mass is 35.5. The molecule has 146 valence electrons. The average Bonchev–Trinajstić information content (AvgIpc) is 2.70. The molecule has 0 radical (unpaired) electrons. The second-order valence-corrected chi connectivity index (χ2v) is 7.18. The van der Waals surface area contributed by atoms with Gasteiger partial charge in [-0.2, -0.15) is 0 Å². The number of pyridine rings is 1. The topological polar surface area (TPSA) is 68.2 Å². The standard InChI is InChI=1S/C22H16ClFN2O3/c23-13-8-10-14(11-9-13)26-19-6-3-7-20(27)15(19)12-16(22(26)29)21(28)25-18-5-2-1-4-17(18)24/h1-2,4-5,8-12H,3,6-7H2,(H,25,28). The summed E-state index contributed by atoms with van der Waals surface area (Å²) in [5.41, 5.74) is 0.567. The minimum absolute atomic E-state index is 0.0426. The van der Waals surface area contributed by atoms with Crippen molar-refractivity contribution in [1.82, 2.24) is 4.57 Å². The molecule has 1 aromatic heterocycles. The first-order valence-electron chi connectivity index (χ1n) is 9.09. The Bertz CT molecular complexity index is 1190. The quantitative estimate of drug-likeness (QED) is 0.695. The van der Waals surface area contributed by atoms with Gasteiger partial charge in [0.1, 0.15) is 11.4 Å². The molecule has 0 atom stereocenters. The monoisotopic (exact) mass is 410 g/mol. The number of ketones is 1. The van der Waals surface area contributed by atoms with Crippen molar-refractivity contribution in [3.8, 4) is 5.69 Å². The van der Waals surface area contributed by atoms with Crippen LogP contribution in [0.15, 0.2) is 59.4 Å².